The van der Waals surface area contributed by atoms with Crippen LogP contribution in [0.15, 0.2) is 0 Å². The molecule has 1 aliphatic heterocycles. The van der Waals surface area contributed by atoms with E-state index >= 15 is 0 Å². The second-order valence-corrected chi connectivity index (χ2v) is 5.83. The minimum atomic E-state index is 0.166. The van der Waals surface area contributed by atoms with Crippen molar-refractivity contribution in [1.82, 2.24) is 15.1 Å². The fourth-order valence-corrected chi connectivity index (χ4v) is 3.03. The Bertz CT molecular complexity index is 327. The number of piperidine rings is 1. The average Bonchev–Trinajstić information content (AvgIpc) is 2.49. The lowest BCUT2D eigenvalue weighted by atomic mass is 9.97. The largest absolute Gasteiger partial charge is 0.343 e. The fourth-order valence-electron chi connectivity index (χ4n) is 3.03. The van der Waals surface area contributed by atoms with Gasteiger partial charge < -0.3 is 15.1 Å². The summed E-state index contributed by atoms with van der Waals surface area (Å²) in [4.78, 5) is 27.9. The number of carbonyl (C=O) groups is 2. The molecule has 0 saturated carbocycles. The van der Waals surface area contributed by atoms with Crippen molar-refractivity contribution in [1.29, 1.82) is 0 Å². The van der Waals surface area contributed by atoms with E-state index in [0.717, 1.165) is 39.1 Å². The molecule has 0 aromatic rings. The second kappa shape index (κ2) is 9.77. The van der Waals surface area contributed by atoms with Gasteiger partial charge in [0.05, 0.1) is 0 Å². The van der Waals surface area contributed by atoms with Crippen LogP contribution in [-0.4, -0.2) is 61.4 Å². The van der Waals surface area contributed by atoms with Crippen LogP contribution in [0.3, 0.4) is 0 Å². The van der Waals surface area contributed by atoms with Gasteiger partial charge in [0, 0.05) is 39.0 Å². The van der Waals surface area contributed by atoms with Crippen molar-refractivity contribution in [2.45, 2.75) is 46.0 Å². The van der Waals surface area contributed by atoms with Gasteiger partial charge in [0.1, 0.15) is 0 Å². The highest BCUT2D eigenvalue weighted by Crippen LogP contribution is 2.17. The molecule has 0 bridgehead atoms. The van der Waals surface area contributed by atoms with E-state index in [1.165, 1.54) is 6.42 Å². The van der Waals surface area contributed by atoms with Crippen LogP contribution in [0.2, 0.25) is 0 Å². The van der Waals surface area contributed by atoms with Gasteiger partial charge in [0.2, 0.25) is 11.8 Å². The Hall–Kier alpha value is -1.10. The van der Waals surface area contributed by atoms with E-state index in [1.54, 1.807) is 0 Å². The molecule has 1 heterocycles. The van der Waals surface area contributed by atoms with Crippen molar-refractivity contribution in [3.63, 3.8) is 0 Å². The first-order valence-electron chi connectivity index (χ1n) is 8.32. The predicted octanol–water partition coefficient (Wildman–Crippen LogP) is 1.48. The fraction of sp³-hybridized carbons (Fsp3) is 0.875. The molecule has 1 saturated heterocycles. The van der Waals surface area contributed by atoms with E-state index in [-0.39, 0.29) is 11.8 Å². The minimum Gasteiger partial charge on any atom is -0.343 e. The van der Waals surface area contributed by atoms with Crippen LogP contribution in [0.25, 0.3) is 0 Å². The summed E-state index contributed by atoms with van der Waals surface area (Å²) < 4.78 is 0. The number of carbonyl (C=O) groups excluding carboxylic acids is 2. The number of amides is 2. The molecule has 122 valence electrons. The van der Waals surface area contributed by atoms with Crippen molar-refractivity contribution < 1.29 is 9.59 Å². The predicted molar refractivity (Wildman–Crippen MR) is 85.0 cm³/mol. The Labute approximate surface area is 129 Å². The number of nitrogens with one attached hydrogen (secondary N) is 1. The van der Waals surface area contributed by atoms with Crippen molar-refractivity contribution >= 4 is 11.8 Å². The van der Waals surface area contributed by atoms with Gasteiger partial charge >= 0.3 is 0 Å². The summed E-state index contributed by atoms with van der Waals surface area (Å²) in [5.74, 6) is 0.952. The highest BCUT2D eigenvalue weighted by molar-refractivity contribution is 5.79. The van der Waals surface area contributed by atoms with Gasteiger partial charge in [-0.2, -0.15) is 0 Å². The van der Waals surface area contributed by atoms with Crippen molar-refractivity contribution in [3.8, 4) is 0 Å². The molecule has 0 aliphatic carbocycles. The smallest absolute Gasteiger partial charge is 0.222 e. The highest BCUT2D eigenvalue weighted by Gasteiger charge is 2.23. The van der Waals surface area contributed by atoms with Crippen LogP contribution in [0.1, 0.15) is 46.0 Å². The summed E-state index contributed by atoms with van der Waals surface area (Å²) in [5.41, 5.74) is 0. The van der Waals surface area contributed by atoms with E-state index < -0.39 is 0 Å². The molecule has 21 heavy (non-hydrogen) atoms. The summed E-state index contributed by atoms with van der Waals surface area (Å²) in [6, 6.07) is 0. The van der Waals surface area contributed by atoms with Crippen LogP contribution < -0.4 is 5.32 Å². The van der Waals surface area contributed by atoms with Gasteiger partial charge in [-0.25, -0.2) is 0 Å². The normalized spacial score (nSPS) is 18.6. The molecular weight excluding hydrogens is 266 g/mol. The first-order chi connectivity index (χ1) is 10.1. The third-order valence-corrected chi connectivity index (χ3v) is 4.26. The maximum absolute atomic E-state index is 12.2. The molecular formula is C16H31N3O2. The zero-order valence-electron chi connectivity index (χ0n) is 13.9. The molecule has 1 N–H and O–H groups in total. The standard InChI is InChI=1S/C16H31N3O2/c1-4-18(5-2)15(20)9-6-10-16(21)19-11-7-8-14(13-19)12-17-3/h14,17H,4-13H2,1-3H3. The average molecular weight is 297 g/mol. The van der Waals surface area contributed by atoms with Crippen LogP contribution >= 0.6 is 0 Å². The maximum Gasteiger partial charge on any atom is 0.222 e. The molecule has 1 unspecified atom stereocenters. The Kier molecular flexibility index (Phi) is 8.35. The van der Waals surface area contributed by atoms with E-state index in [1.807, 2.05) is 30.7 Å². The monoisotopic (exact) mass is 297 g/mol. The highest BCUT2D eigenvalue weighted by atomic mass is 16.2. The Morgan fingerprint density at radius 3 is 2.57 bits per heavy atom. The summed E-state index contributed by atoms with van der Waals surface area (Å²) in [5, 5.41) is 3.19. The number of rotatable bonds is 8. The molecule has 1 atom stereocenters. The third kappa shape index (κ3) is 6.04. The number of hydrogen-bond donors (Lipinski definition) is 1. The lowest BCUT2D eigenvalue weighted by Gasteiger charge is -2.32. The van der Waals surface area contributed by atoms with Crippen LogP contribution in [0, 0.1) is 5.92 Å². The topological polar surface area (TPSA) is 52.7 Å². The number of likely N-dealkylation sites (tertiary alicyclic amines) is 1. The molecule has 1 fully saturated rings. The van der Waals surface area contributed by atoms with Gasteiger partial charge in [0.25, 0.3) is 0 Å². The summed E-state index contributed by atoms with van der Waals surface area (Å²) >= 11 is 0. The third-order valence-electron chi connectivity index (χ3n) is 4.26. The van der Waals surface area contributed by atoms with E-state index in [2.05, 4.69) is 5.32 Å². The van der Waals surface area contributed by atoms with Gasteiger partial charge in [-0.05, 0) is 52.6 Å². The van der Waals surface area contributed by atoms with E-state index in [4.69, 9.17) is 0 Å². The first kappa shape index (κ1) is 18.0. The van der Waals surface area contributed by atoms with Gasteiger partial charge in [-0.1, -0.05) is 0 Å². The van der Waals surface area contributed by atoms with Crippen LogP contribution in [0.4, 0.5) is 0 Å². The van der Waals surface area contributed by atoms with E-state index in [0.29, 0.717) is 25.2 Å². The minimum absolute atomic E-state index is 0.166. The van der Waals surface area contributed by atoms with Gasteiger partial charge in [-0.3, -0.25) is 9.59 Å². The van der Waals surface area contributed by atoms with Crippen molar-refractivity contribution in [2.24, 2.45) is 5.92 Å². The van der Waals surface area contributed by atoms with E-state index in [9.17, 15) is 9.59 Å². The SMILES string of the molecule is CCN(CC)C(=O)CCCC(=O)N1CCCC(CNC)C1. The van der Waals surface area contributed by atoms with Crippen molar-refractivity contribution in [3.05, 3.63) is 0 Å². The summed E-state index contributed by atoms with van der Waals surface area (Å²) in [7, 11) is 1.96. The van der Waals surface area contributed by atoms with Gasteiger partial charge in [-0.15, -0.1) is 0 Å². The van der Waals surface area contributed by atoms with Gasteiger partial charge in [0.15, 0.2) is 0 Å². The lowest BCUT2D eigenvalue weighted by Crippen LogP contribution is -2.42. The number of hydrogen-bond acceptors (Lipinski definition) is 3. The molecule has 0 aromatic heterocycles. The molecule has 5 heteroatoms. The number of nitrogens with zero attached hydrogens (tertiary/aromatic N) is 2. The molecule has 5 nitrogen and oxygen atoms in total. The maximum atomic E-state index is 12.2. The summed E-state index contributed by atoms with van der Waals surface area (Å²) in [6.45, 7) is 8.20. The quantitative estimate of drug-likeness (QED) is 0.738. The molecule has 1 rings (SSSR count). The van der Waals surface area contributed by atoms with Crippen molar-refractivity contribution in [2.75, 3.05) is 39.8 Å². The molecule has 2 amide bonds. The second-order valence-electron chi connectivity index (χ2n) is 5.83. The van der Waals surface area contributed by atoms with Crippen LogP contribution in [0.5, 0.6) is 0 Å². The Morgan fingerprint density at radius 1 is 1.24 bits per heavy atom. The zero-order chi connectivity index (χ0) is 15.7. The zero-order valence-corrected chi connectivity index (χ0v) is 13.9. The first-order valence-corrected chi connectivity index (χ1v) is 8.32. The Morgan fingerprint density at radius 2 is 1.95 bits per heavy atom. The summed E-state index contributed by atoms with van der Waals surface area (Å²) in [6.07, 6.45) is 3.95. The molecule has 0 spiro atoms. The lowest BCUT2D eigenvalue weighted by molar-refractivity contribution is -0.133. The Balaban J connectivity index is 2.28. The molecule has 0 aromatic carbocycles. The molecule has 1 aliphatic rings. The van der Waals surface area contributed by atoms with Crippen LogP contribution in [-0.2, 0) is 9.59 Å². The molecule has 0 radical (unpaired) electrons.